The fourth-order valence-electron chi connectivity index (χ4n) is 0.965. The van der Waals surface area contributed by atoms with Gasteiger partial charge in [0.05, 0.1) is 20.3 Å². The van der Waals surface area contributed by atoms with Crippen molar-refractivity contribution in [1.82, 2.24) is 0 Å². The normalized spacial score (nSPS) is 9.29. The Morgan fingerprint density at radius 3 is 2.21 bits per heavy atom. The second kappa shape index (κ2) is 4.36. The van der Waals surface area contributed by atoms with Crippen LogP contribution in [0, 0.1) is 11.5 Å². The van der Waals surface area contributed by atoms with Crippen molar-refractivity contribution in [3.8, 4) is 11.5 Å². The largest absolute Gasteiger partial charge is 0.496 e. The number of methoxy groups -OCH3 is 2. The second-order valence-electron chi connectivity index (χ2n) is 2.54. The lowest BCUT2D eigenvalue weighted by molar-refractivity contribution is 0.393. The van der Waals surface area contributed by atoms with Crippen molar-refractivity contribution < 1.29 is 9.47 Å². The van der Waals surface area contributed by atoms with Crippen LogP contribution in [0.5, 0.6) is 11.5 Å². The fourth-order valence-corrected chi connectivity index (χ4v) is 0.965. The lowest BCUT2D eigenvalue weighted by Gasteiger charge is -2.08. The molecule has 0 amide bonds. The molecule has 1 rings (SSSR count). The molecular weight excluding hydrogens is 182 g/mol. The molecule has 1 aromatic carbocycles. The van der Waals surface area contributed by atoms with E-state index in [2.05, 4.69) is 11.4 Å². The topological polar surface area (TPSA) is 80.4 Å². The first-order valence-electron chi connectivity index (χ1n) is 3.92. The molecule has 5 heteroatoms. The number of guanidine groups is 1. The molecule has 0 bridgehead atoms. The first-order chi connectivity index (χ1) is 6.65. The predicted octanol–water partition coefficient (Wildman–Crippen LogP) is 0.809. The van der Waals surface area contributed by atoms with Gasteiger partial charge < -0.3 is 20.5 Å². The summed E-state index contributed by atoms with van der Waals surface area (Å²) >= 11 is 0. The van der Waals surface area contributed by atoms with E-state index in [9.17, 15) is 0 Å². The third-order valence-electron chi connectivity index (χ3n) is 1.54. The number of rotatable bonds is 3. The van der Waals surface area contributed by atoms with E-state index in [-0.39, 0.29) is 5.96 Å². The molecule has 0 aliphatic heterocycles. The lowest BCUT2D eigenvalue weighted by atomic mass is 10.3. The van der Waals surface area contributed by atoms with Crippen LogP contribution in [0.2, 0.25) is 0 Å². The zero-order valence-corrected chi connectivity index (χ0v) is 8.05. The van der Waals surface area contributed by atoms with E-state index in [1.807, 2.05) is 0 Å². The molecule has 5 nitrogen and oxygen atoms in total. The van der Waals surface area contributed by atoms with Crippen LogP contribution < -0.4 is 20.5 Å². The lowest BCUT2D eigenvalue weighted by Crippen LogP contribution is -2.20. The van der Waals surface area contributed by atoms with Crippen LogP contribution in [0.3, 0.4) is 0 Å². The van der Waals surface area contributed by atoms with Gasteiger partial charge in [0.1, 0.15) is 11.5 Å². The SMILES string of the molecule is COc1[c]c(OC)cc(NC(=N)N)c1. The number of hydrogen-bond donors (Lipinski definition) is 3. The summed E-state index contributed by atoms with van der Waals surface area (Å²) in [6.45, 7) is 0. The molecule has 0 unspecified atom stereocenters. The molecule has 0 aliphatic carbocycles. The summed E-state index contributed by atoms with van der Waals surface area (Å²) in [5.74, 6) is 0.904. The molecule has 0 aromatic heterocycles. The summed E-state index contributed by atoms with van der Waals surface area (Å²) in [5, 5.41) is 9.70. The maximum Gasteiger partial charge on any atom is 0.190 e. The molecule has 1 radical (unpaired) electrons. The van der Waals surface area contributed by atoms with Crippen LogP contribution in [0.4, 0.5) is 5.69 Å². The Bertz CT molecular complexity index is 317. The molecule has 0 spiro atoms. The molecular formula is C9H12N3O2. The quantitative estimate of drug-likeness (QED) is 0.491. The van der Waals surface area contributed by atoms with Gasteiger partial charge in [0.2, 0.25) is 0 Å². The van der Waals surface area contributed by atoms with Gasteiger partial charge in [-0.05, 0) is 0 Å². The van der Waals surface area contributed by atoms with Crippen LogP contribution in [0.25, 0.3) is 0 Å². The number of ether oxygens (including phenoxy) is 2. The van der Waals surface area contributed by atoms with Crippen molar-refractivity contribution in [3.05, 3.63) is 18.2 Å². The Morgan fingerprint density at radius 1 is 1.36 bits per heavy atom. The van der Waals surface area contributed by atoms with Gasteiger partial charge in [-0.25, -0.2) is 0 Å². The molecule has 0 saturated heterocycles. The van der Waals surface area contributed by atoms with Gasteiger partial charge in [0.25, 0.3) is 0 Å². The second-order valence-corrected chi connectivity index (χ2v) is 2.54. The average Bonchev–Trinajstić information content (AvgIpc) is 2.16. The Labute approximate surface area is 82.3 Å². The van der Waals surface area contributed by atoms with Crippen molar-refractivity contribution in [3.63, 3.8) is 0 Å². The van der Waals surface area contributed by atoms with Crippen LogP contribution in [-0.4, -0.2) is 20.2 Å². The molecule has 1 aromatic rings. The van der Waals surface area contributed by atoms with Crippen molar-refractivity contribution in [2.24, 2.45) is 5.73 Å². The monoisotopic (exact) mass is 194 g/mol. The molecule has 75 valence electrons. The number of nitrogens with two attached hydrogens (primary N) is 1. The van der Waals surface area contributed by atoms with E-state index >= 15 is 0 Å². The average molecular weight is 194 g/mol. The van der Waals surface area contributed by atoms with Crippen LogP contribution >= 0.6 is 0 Å². The van der Waals surface area contributed by atoms with E-state index < -0.39 is 0 Å². The first-order valence-corrected chi connectivity index (χ1v) is 3.92. The van der Waals surface area contributed by atoms with Crippen molar-refractivity contribution in [2.45, 2.75) is 0 Å². The van der Waals surface area contributed by atoms with Gasteiger partial charge in [-0.2, -0.15) is 0 Å². The van der Waals surface area contributed by atoms with E-state index in [0.29, 0.717) is 17.2 Å². The molecule has 0 aliphatic rings. The van der Waals surface area contributed by atoms with E-state index in [4.69, 9.17) is 20.6 Å². The maximum atomic E-state index is 7.06. The van der Waals surface area contributed by atoms with Crippen molar-refractivity contribution in [2.75, 3.05) is 19.5 Å². The number of nitrogens with one attached hydrogen (secondary N) is 2. The Hall–Kier alpha value is -1.91. The highest BCUT2D eigenvalue weighted by Crippen LogP contribution is 2.24. The highest BCUT2D eigenvalue weighted by Gasteiger charge is 2.02. The summed E-state index contributed by atoms with van der Waals surface area (Å²) in [5.41, 5.74) is 5.82. The third kappa shape index (κ3) is 2.55. The Morgan fingerprint density at radius 2 is 1.86 bits per heavy atom. The number of benzene rings is 1. The van der Waals surface area contributed by atoms with Gasteiger partial charge in [-0.1, -0.05) is 0 Å². The van der Waals surface area contributed by atoms with Crippen LogP contribution in [0.1, 0.15) is 0 Å². The minimum atomic E-state index is -0.139. The van der Waals surface area contributed by atoms with Crippen LogP contribution in [0.15, 0.2) is 12.1 Å². The maximum absolute atomic E-state index is 7.06. The van der Waals surface area contributed by atoms with Crippen molar-refractivity contribution in [1.29, 1.82) is 5.41 Å². The smallest absolute Gasteiger partial charge is 0.190 e. The molecule has 0 saturated carbocycles. The third-order valence-corrected chi connectivity index (χ3v) is 1.54. The zero-order chi connectivity index (χ0) is 10.6. The summed E-state index contributed by atoms with van der Waals surface area (Å²) in [6.07, 6.45) is 0. The first kappa shape index (κ1) is 10.2. The predicted molar refractivity (Wildman–Crippen MR) is 53.9 cm³/mol. The van der Waals surface area contributed by atoms with Crippen molar-refractivity contribution >= 4 is 11.6 Å². The Kier molecular flexibility index (Phi) is 3.17. The van der Waals surface area contributed by atoms with Gasteiger partial charge in [0, 0.05) is 17.8 Å². The minimum absolute atomic E-state index is 0.139. The minimum Gasteiger partial charge on any atom is -0.496 e. The Balaban J connectivity index is 2.98. The molecule has 14 heavy (non-hydrogen) atoms. The highest BCUT2D eigenvalue weighted by molar-refractivity contribution is 5.90. The van der Waals surface area contributed by atoms with E-state index in [1.54, 1.807) is 12.1 Å². The van der Waals surface area contributed by atoms with Gasteiger partial charge >= 0.3 is 0 Å². The van der Waals surface area contributed by atoms with Gasteiger partial charge in [-0.3, -0.25) is 5.41 Å². The molecule has 0 fully saturated rings. The summed E-state index contributed by atoms with van der Waals surface area (Å²) in [6, 6.07) is 6.20. The number of hydrogen-bond acceptors (Lipinski definition) is 3. The number of anilines is 1. The van der Waals surface area contributed by atoms with Crippen LogP contribution in [-0.2, 0) is 0 Å². The van der Waals surface area contributed by atoms with E-state index in [1.165, 1.54) is 14.2 Å². The van der Waals surface area contributed by atoms with Gasteiger partial charge in [0.15, 0.2) is 5.96 Å². The van der Waals surface area contributed by atoms with Gasteiger partial charge in [-0.15, -0.1) is 0 Å². The standard InChI is InChI=1S/C9H12N3O2/c1-13-7-3-6(12-9(10)11)4-8(5-7)14-2/h3-4H,1-2H3,(H4,10,11,12). The molecule has 4 N–H and O–H groups in total. The summed E-state index contributed by atoms with van der Waals surface area (Å²) in [4.78, 5) is 0. The summed E-state index contributed by atoms with van der Waals surface area (Å²) < 4.78 is 9.98. The fraction of sp³-hybridized carbons (Fsp3) is 0.222. The highest BCUT2D eigenvalue weighted by atomic mass is 16.5. The molecule has 0 atom stereocenters. The molecule has 0 heterocycles. The van der Waals surface area contributed by atoms with E-state index in [0.717, 1.165) is 0 Å². The summed E-state index contributed by atoms with van der Waals surface area (Å²) in [7, 11) is 3.06. The zero-order valence-electron chi connectivity index (χ0n) is 8.05.